The second-order valence-electron chi connectivity index (χ2n) is 6.40. The van der Waals surface area contributed by atoms with E-state index in [1.165, 1.54) is 12.0 Å². The van der Waals surface area contributed by atoms with Gasteiger partial charge in [-0.05, 0) is 24.6 Å². The lowest BCUT2D eigenvalue weighted by atomic mass is 9.95. The molecule has 0 radical (unpaired) electrons. The van der Waals surface area contributed by atoms with E-state index in [1.807, 2.05) is 19.1 Å². The molecule has 1 aliphatic rings. The van der Waals surface area contributed by atoms with Gasteiger partial charge in [-0.3, -0.25) is 9.59 Å². The molecule has 0 spiro atoms. The van der Waals surface area contributed by atoms with Gasteiger partial charge in [0.2, 0.25) is 0 Å². The number of ketones is 1. The number of Topliss-reactive ketones (excluding diaryl/α,β-unsaturated/α-hetero) is 1. The lowest BCUT2D eigenvalue weighted by Crippen LogP contribution is -2.32. The lowest BCUT2D eigenvalue weighted by Gasteiger charge is -2.25. The Morgan fingerprint density at radius 1 is 1.11 bits per heavy atom. The van der Waals surface area contributed by atoms with Crippen LogP contribution in [-0.2, 0) is 14.3 Å². The van der Waals surface area contributed by atoms with Crippen LogP contribution in [0.1, 0.15) is 22.7 Å². The average Bonchev–Trinajstić information content (AvgIpc) is 2.91. The van der Waals surface area contributed by atoms with Crippen molar-refractivity contribution in [2.75, 3.05) is 20.3 Å². The van der Waals surface area contributed by atoms with Gasteiger partial charge in [-0.1, -0.05) is 53.6 Å². The quantitative estimate of drug-likeness (QED) is 0.484. The molecule has 1 amide bonds. The van der Waals surface area contributed by atoms with Crippen molar-refractivity contribution in [3.63, 3.8) is 0 Å². The number of nitrogens with zero attached hydrogens (tertiary/aromatic N) is 1. The van der Waals surface area contributed by atoms with Gasteiger partial charge in [-0.25, -0.2) is 0 Å². The number of halogens is 1. The van der Waals surface area contributed by atoms with Crippen LogP contribution in [-0.4, -0.2) is 42.0 Å². The van der Waals surface area contributed by atoms with Crippen LogP contribution in [0.4, 0.5) is 0 Å². The highest BCUT2D eigenvalue weighted by Crippen LogP contribution is 2.39. The number of likely N-dealkylation sites (tertiary alicyclic amines) is 1. The van der Waals surface area contributed by atoms with Crippen molar-refractivity contribution in [2.45, 2.75) is 13.0 Å². The number of aliphatic hydroxyl groups excluding tert-OH is 1. The molecule has 6 heteroatoms. The summed E-state index contributed by atoms with van der Waals surface area (Å²) in [5.74, 6) is -1.54. The van der Waals surface area contributed by atoms with Gasteiger partial charge in [-0.2, -0.15) is 0 Å². The summed E-state index contributed by atoms with van der Waals surface area (Å²) in [5, 5.41) is 11.4. The number of rotatable bonds is 5. The van der Waals surface area contributed by atoms with Crippen molar-refractivity contribution in [3.05, 3.63) is 75.8 Å². The number of ether oxygens (including phenoxy) is 1. The molecular weight excluding hydrogens is 366 g/mol. The Morgan fingerprint density at radius 3 is 2.33 bits per heavy atom. The second-order valence-corrected chi connectivity index (χ2v) is 6.84. The van der Waals surface area contributed by atoms with Crippen LogP contribution < -0.4 is 0 Å². The van der Waals surface area contributed by atoms with E-state index in [9.17, 15) is 14.7 Å². The van der Waals surface area contributed by atoms with Gasteiger partial charge in [0.25, 0.3) is 11.7 Å². The lowest BCUT2D eigenvalue weighted by molar-refractivity contribution is -0.140. The maximum absolute atomic E-state index is 12.7. The molecule has 0 saturated carbocycles. The van der Waals surface area contributed by atoms with E-state index in [4.69, 9.17) is 16.3 Å². The highest BCUT2D eigenvalue weighted by molar-refractivity contribution is 6.46. The summed E-state index contributed by atoms with van der Waals surface area (Å²) in [6, 6.07) is 13.3. The minimum absolute atomic E-state index is 0.0716. The number of hydrogen-bond acceptors (Lipinski definition) is 4. The van der Waals surface area contributed by atoms with Gasteiger partial charge >= 0.3 is 0 Å². The number of carbonyl (C=O) groups is 2. The molecule has 0 aliphatic carbocycles. The Bertz CT molecular complexity index is 887. The van der Waals surface area contributed by atoms with Gasteiger partial charge in [0.15, 0.2) is 0 Å². The van der Waals surface area contributed by atoms with E-state index in [1.54, 1.807) is 36.4 Å². The Hall–Kier alpha value is -2.63. The molecule has 2 aromatic carbocycles. The fourth-order valence-corrected chi connectivity index (χ4v) is 3.28. The van der Waals surface area contributed by atoms with E-state index >= 15 is 0 Å². The zero-order valence-electron chi connectivity index (χ0n) is 15.1. The van der Waals surface area contributed by atoms with E-state index in [-0.39, 0.29) is 24.5 Å². The summed E-state index contributed by atoms with van der Waals surface area (Å²) < 4.78 is 5.08. The zero-order valence-corrected chi connectivity index (χ0v) is 15.9. The van der Waals surface area contributed by atoms with Crippen LogP contribution in [0.25, 0.3) is 5.76 Å². The summed E-state index contributed by atoms with van der Waals surface area (Å²) >= 11 is 5.98. The van der Waals surface area contributed by atoms with Gasteiger partial charge in [0.1, 0.15) is 5.76 Å². The largest absolute Gasteiger partial charge is 0.507 e. The third-order valence-corrected chi connectivity index (χ3v) is 4.84. The van der Waals surface area contributed by atoms with E-state index < -0.39 is 17.7 Å². The third-order valence-electron chi connectivity index (χ3n) is 4.59. The first-order chi connectivity index (χ1) is 12.9. The number of carbonyl (C=O) groups excluding carboxylic acids is 2. The predicted octanol–water partition coefficient (Wildman–Crippen LogP) is 3.72. The average molecular weight is 386 g/mol. The number of aliphatic hydroxyl groups is 1. The summed E-state index contributed by atoms with van der Waals surface area (Å²) in [6.07, 6.45) is 0. The van der Waals surface area contributed by atoms with Crippen LogP contribution in [0.2, 0.25) is 5.02 Å². The smallest absolute Gasteiger partial charge is 0.295 e. The predicted molar refractivity (Wildman–Crippen MR) is 104 cm³/mol. The fourth-order valence-electron chi connectivity index (χ4n) is 3.16. The van der Waals surface area contributed by atoms with E-state index in [0.717, 1.165) is 5.56 Å². The molecule has 3 rings (SSSR count). The number of methoxy groups -OCH3 is 1. The molecule has 1 heterocycles. The number of amides is 1. The third kappa shape index (κ3) is 3.75. The van der Waals surface area contributed by atoms with Crippen molar-refractivity contribution in [1.29, 1.82) is 0 Å². The molecule has 0 aromatic heterocycles. The van der Waals surface area contributed by atoms with Crippen LogP contribution >= 0.6 is 11.6 Å². The Kier molecular flexibility index (Phi) is 5.63. The first-order valence-corrected chi connectivity index (χ1v) is 8.91. The van der Waals surface area contributed by atoms with Crippen molar-refractivity contribution in [2.24, 2.45) is 0 Å². The minimum atomic E-state index is -0.705. The summed E-state index contributed by atoms with van der Waals surface area (Å²) in [5.41, 5.74) is 2.29. The van der Waals surface area contributed by atoms with Crippen LogP contribution in [0.3, 0.4) is 0 Å². The molecule has 140 valence electrons. The molecular formula is C21H20ClNO4. The molecule has 0 unspecified atom stereocenters. The molecule has 1 saturated heterocycles. The summed E-state index contributed by atoms with van der Waals surface area (Å²) in [6.45, 7) is 2.45. The molecule has 1 aliphatic heterocycles. The molecule has 27 heavy (non-hydrogen) atoms. The maximum atomic E-state index is 12.7. The Balaban J connectivity index is 2.14. The molecule has 2 aromatic rings. The van der Waals surface area contributed by atoms with Gasteiger partial charge in [-0.15, -0.1) is 0 Å². The summed E-state index contributed by atoms with van der Waals surface area (Å²) in [7, 11) is 1.53. The van der Waals surface area contributed by atoms with E-state index in [0.29, 0.717) is 16.1 Å². The normalized spacial score (nSPS) is 18.9. The van der Waals surface area contributed by atoms with E-state index in [2.05, 4.69) is 0 Å². The molecule has 1 atom stereocenters. The first kappa shape index (κ1) is 19.1. The topological polar surface area (TPSA) is 66.8 Å². The van der Waals surface area contributed by atoms with Gasteiger partial charge < -0.3 is 14.7 Å². The Morgan fingerprint density at radius 2 is 1.74 bits per heavy atom. The SMILES string of the molecule is COCCN1C(=O)C(=O)/C(=C(/O)c2ccc(C)cc2)[C@H]1c1ccc(Cl)cc1. The number of hydrogen-bond donors (Lipinski definition) is 1. The standard InChI is InChI=1S/C21H20ClNO4/c1-13-3-5-15(6-4-13)19(24)17-18(14-7-9-16(22)10-8-14)23(11-12-27-2)21(26)20(17)25/h3-10,18,24H,11-12H2,1-2H3/b19-17+/t18-/m1/s1. The van der Waals surface area contributed by atoms with Crippen molar-refractivity contribution in [1.82, 2.24) is 4.90 Å². The molecule has 1 N–H and O–H groups in total. The fraction of sp³-hybridized carbons (Fsp3) is 0.238. The highest BCUT2D eigenvalue weighted by atomic mass is 35.5. The molecule has 1 fully saturated rings. The minimum Gasteiger partial charge on any atom is -0.507 e. The first-order valence-electron chi connectivity index (χ1n) is 8.54. The monoisotopic (exact) mass is 385 g/mol. The van der Waals surface area contributed by atoms with Crippen molar-refractivity contribution >= 4 is 29.1 Å². The second kappa shape index (κ2) is 7.94. The molecule has 0 bridgehead atoms. The van der Waals surface area contributed by atoms with Crippen LogP contribution in [0.15, 0.2) is 54.1 Å². The van der Waals surface area contributed by atoms with Crippen LogP contribution in [0.5, 0.6) is 0 Å². The van der Waals surface area contributed by atoms with Gasteiger partial charge in [0, 0.05) is 24.2 Å². The van der Waals surface area contributed by atoms with Crippen molar-refractivity contribution in [3.8, 4) is 0 Å². The molecule has 5 nitrogen and oxygen atoms in total. The Labute approximate surface area is 162 Å². The summed E-state index contributed by atoms with van der Waals surface area (Å²) in [4.78, 5) is 26.8. The van der Waals surface area contributed by atoms with Crippen LogP contribution in [0, 0.1) is 6.92 Å². The number of aryl methyl sites for hydroxylation is 1. The van der Waals surface area contributed by atoms with Crippen molar-refractivity contribution < 1.29 is 19.4 Å². The maximum Gasteiger partial charge on any atom is 0.295 e. The highest BCUT2D eigenvalue weighted by Gasteiger charge is 2.45. The zero-order chi connectivity index (χ0) is 19.6. The number of benzene rings is 2. The van der Waals surface area contributed by atoms with Gasteiger partial charge in [0.05, 0.1) is 18.2 Å².